The number of hydrogen-bond donors (Lipinski definition) is 3. The molecule has 1 saturated carbocycles. The van der Waals surface area contributed by atoms with E-state index >= 15 is 0 Å². The van der Waals surface area contributed by atoms with Crippen LogP contribution < -0.4 is 10.2 Å². The lowest BCUT2D eigenvalue weighted by Gasteiger charge is -2.37. The Hall–Kier alpha value is -3.31. The zero-order valence-electron chi connectivity index (χ0n) is 18.8. The predicted octanol–water partition coefficient (Wildman–Crippen LogP) is 3.62. The number of H-pyrrole nitrogens is 1. The lowest BCUT2D eigenvalue weighted by atomic mass is 9.79. The molecule has 0 aromatic carbocycles. The van der Waals surface area contributed by atoms with E-state index in [0.29, 0.717) is 47.1 Å². The molecule has 2 aliphatic rings. The van der Waals surface area contributed by atoms with Crippen LogP contribution in [0.2, 0.25) is 0 Å². The van der Waals surface area contributed by atoms with Gasteiger partial charge in [0.2, 0.25) is 0 Å². The number of piperazine rings is 1. The zero-order chi connectivity index (χ0) is 24.2. The van der Waals surface area contributed by atoms with Crippen LogP contribution in [-0.4, -0.2) is 62.3 Å². The van der Waals surface area contributed by atoms with Gasteiger partial charge in [0.05, 0.1) is 24.4 Å². The number of alkyl halides is 3. The third kappa shape index (κ3) is 3.79. The number of anilines is 1. The number of nitrogens with zero attached hydrogens (tertiary/aromatic N) is 5. The molecule has 182 valence electrons. The highest BCUT2D eigenvalue weighted by Gasteiger charge is 2.34. The Balaban J connectivity index is 1.59. The van der Waals surface area contributed by atoms with E-state index in [-0.39, 0.29) is 18.3 Å². The van der Waals surface area contributed by atoms with Crippen LogP contribution in [0.15, 0.2) is 30.7 Å². The van der Waals surface area contributed by atoms with Crippen molar-refractivity contribution in [2.75, 3.05) is 31.1 Å². The molecule has 2 fully saturated rings. The number of rotatable bonds is 4. The Morgan fingerprint density at radius 2 is 2.03 bits per heavy atom. The molecule has 0 bridgehead atoms. The van der Waals surface area contributed by atoms with Gasteiger partial charge >= 0.3 is 6.18 Å². The molecule has 1 aliphatic heterocycles. The van der Waals surface area contributed by atoms with Crippen molar-refractivity contribution in [3.8, 4) is 11.4 Å². The van der Waals surface area contributed by atoms with Gasteiger partial charge in [0.25, 0.3) is 0 Å². The van der Waals surface area contributed by atoms with E-state index in [1.165, 1.54) is 6.20 Å². The van der Waals surface area contributed by atoms with Gasteiger partial charge in [-0.3, -0.25) is 4.98 Å². The van der Waals surface area contributed by atoms with Crippen molar-refractivity contribution in [2.24, 2.45) is 0 Å². The first-order valence-corrected chi connectivity index (χ1v) is 11.7. The van der Waals surface area contributed by atoms with Crippen molar-refractivity contribution in [1.82, 2.24) is 30.2 Å². The topological polar surface area (TPSA) is 103 Å². The third-order valence-corrected chi connectivity index (χ3v) is 7.07. The first kappa shape index (κ1) is 22.2. The van der Waals surface area contributed by atoms with E-state index in [1.54, 1.807) is 12.3 Å². The van der Waals surface area contributed by atoms with Crippen LogP contribution in [-0.2, 0) is 6.18 Å². The SMILES string of the molecule is OC[C@H]1CNCCN1c1nc(-c2ccnc3[nH]c(C(F)(F)F)cc23)nc2cncc(C3CCC3)c12. The average Bonchev–Trinajstić information content (AvgIpc) is 3.28. The molecule has 6 rings (SSSR count). The number of nitrogens with one attached hydrogen (secondary N) is 2. The maximum atomic E-state index is 13.4. The number of fused-ring (bicyclic) bond motifs is 2. The van der Waals surface area contributed by atoms with Crippen LogP contribution in [0.5, 0.6) is 0 Å². The Morgan fingerprint density at radius 1 is 1.17 bits per heavy atom. The molecule has 1 atom stereocenters. The van der Waals surface area contributed by atoms with Gasteiger partial charge in [-0.2, -0.15) is 13.2 Å². The highest BCUT2D eigenvalue weighted by molar-refractivity contribution is 5.97. The molecule has 1 saturated heterocycles. The minimum Gasteiger partial charge on any atom is -0.394 e. The van der Waals surface area contributed by atoms with Crippen LogP contribution in [0.4, 0.5) is 19.0 Å². The second-order valence-electron chi connectivity index (χ2n) is 9.16. The van der Waals surface area contributed by atoms with Gasteiger partial charge in [-0.25, -0.2) is 15.0 Å². The van der Waals surface area contributed by atoms with E-state index in [1.807, 2.05) is 6.20 Å². The fourth-order valence-corrected chi connectivity index (χ4v) is 5.02. The van der Waals surface area contributed by atoms with E-state index in [0.717, 1.165) is 42.8 Å². The van der Waals surface area contributed by atoms with Crippen LogP contribution in [0, 0.1) is 0 Å². The van der Waals surface area contributed by atoms with Gasteiger partial charge in [0.1, 0.15) is 17.2 Å². The van der Waals surface area contributed by atoms with Gasteiger partial charge in [-0.05, 0) is 36.5 Å². The molecule has 5 heterocycles. The number of pyridine rings is 2. The average molecular weight is 483 g/mol. The summed E-state index contributed by atoms with van der Waals surface area (Å²) in [5.74, 6) is 1.36. The minimum absolute atomic E-state index is 0.0517. The summed E-state index contributed by atoms with van der Waals surface area (Å²) >= 11 is 0. The fourth-order valence-electron chi connectivity index (χ4n) is 5.02. The summed E-state index contributed by atoms with van der Waals surface area (Å²) in [5.41, 5.74) is 1.43. The van der Waals surface area contributed by atoms with Crippen molar-refractivity contribution >= 4 is 27.8 Å². The van der Waals surface area contributed by atoms with E-state index in [9.17, 15) is 18.3 Å². The summed E-state index contributed by atoms with van der Waals surface area (Å²) in [6.07, 6.45) is 3.78. The van der Waals surface area contributed by atoms with Crippen molar-refractivity contribution in [3.05, 3.63) is 42.0 Å². The molecule has 4 aromatic heterocycles. The number of halogens is 3. The standard InChI is InChI=1S/C24H24F3N7O/c25-24(26,27)19-8-16-15(4-5-30-21(16)32-19)22-31-18-11-29-10-17(13-2-1-3-13)20(18)23(33-22)34-7-6-28-9-14(34)12-35/h4-5,8,10-11,13-14,28,35H,1-3,6-7,9,12H2,(H,30,32)/t14-/m1/s1. The highest BCUT2D eigenvalue weighted by atomic mass is 19.4. The fraction of sp³-hybridized carbons (Fsp3) is 0.417. The van der Waals surface area contributed by atoms with Crippen LogP contribution >= 0.6 is 0 Å². The van der Waals surface area contributed by atoms with Crippen molar-refractivity contribution in [3.63, 3.8) is 0 Å². The van der Waals surface area contributed by atoms with Crippen LogP contribution in [0.3, 0.4) is 0 Å². The summed E-state index contributed by atoms with van der Waals surface area (Å²) in [6, 6.07) is 2.50. The summed E-state index contributed by atoms with van der Waals surface area (Å²) < 4.78 is 40.1. The van der Waals surface area contributed by atoms with Gasteiger partial charge in [-0.15, -0.1) is 0 Å². The zero-order valence-corrected chi connectivity index (χ0v) is 18.8. The number of hydrogen-bond acceptors (Lipinski definition) is 7. The summed E-state index contributed by atoms with van der Waals surface area (Å²) in [7, 11) is 0. The Bertz CT molecular complexity index is 1400. The van der Waals surface area contributed by atoms with Gasteiger partial charge < -0.3 is 20.3 Å². The number of aromatic amines is 1. The highest BCUT2D eigenvalue weighted by Crippen LogP contribution is 2.42. The molecule has 0 spiro atoms. The number of aliphatic hydroxyl groups excluding tert-OH is 1. The molecule has 0 amide bonds. The Kier molecular flexibility index (Phi) is 5.33. The lowest BCUT2D eigenvalue weighted by molar-refractivity contribution is -0.140. The van der Waals surface area contributed by atoms with E-state index < -0.39 is 11.9 Å². The molecule has 4 aromatic rings. The van der Waals surface area contributed by atoms with Gasteiger partial charge in [-0.1, -0.05) is 6.42 Å². The Labute approximate surface area is 198 Å². The molecule has 11 heteroatoms. The van der Waals surface area contributed by atoms with Crippen LogP contribution in [0.1, 0.15) is 36.4 Å². The van der Waals surface area contributed by atoms with Crippen molar-refractivity contribution in [1.29, 1.82) is 0 Å². The summed E-state index contributed by atoms with van der Waals surface area (Å²) in [6.45, 7) is 1.92. The van der Waals surface area contributed by atoms with Crippen molar-refractivity contribution in [2.45, 2.75) is 37.4 Å². The third-order valence-electron chi connectivity index (χ3n) is 7.07. The number of aromatic nitrogens is 5. The molecule has 35 heavy (non-hydrogen) atoms. The van der Waals surface area contributed by atoms with E-state index in [4.69, 9.17) is 9.97 Å². The first-order valence-electron chi connectivity index (χ1n) is 11.7. The lowest BCUT2D eigenvalue weighted by Crippen LogP contribution is -2.53. The Morgan fingerprint density at radius 3 is 2.77 bits per heavy atom. The van der Waals surface area contributed by atoms with Gasteiger partial charge in [0, 0.05) is 48.4 Å². The first-order chi connectivity index (χ1) is 16.9. The summed E-state index contributed by atoms with van der Waals surface area (Å²) in [5, 5.41) is 14.6. The summed E-state index contributed by atoms with van der Waals surface area (Å²) in [4.78, 5) is 22.7. The molecule has 1 aliphatic carbocycles. The molecular formula is C24H24F3N7O. The second-order valence-corrected chi connectivity index (χ2v) is 9.16. The molecule has 8 nitrogen and oxygen atoms in total. The second kappa shape index (κ2) is 8.42. The molecule has 3 N–H and O–H groups in total. The molecule has 0 unspecified atom stereocenters. The largest absolute Gasteiger partial charge is 0.431 e. The van der Waals surface area contributed by atoms with Crippen LogP contribution in [0.25, 0.3) is 33.3 Å². The van der Waals surface area contributed by atoms with Gasteiger partial charge in [0.15, 0.2) is 5.82 Å². The molecular weight excluding hydrogens is 459 g/mol. The maximum Gasteiger partial charge on any atom is 0.431 e. The number of aliphatic hydroxyl groups is 1. The monoisotopic (exact) mass is 483 g/mol. The smallest absolute Gasteiger partial charge is 0.394 e. The predicted molar refractivity (Wildman–Crippen MR) is 125 cm³/mol. The molecule has 0 radical (unpaired) electrons. The quantitative estimate of drug-likeness (QED) is 0.407. The minimum atomic E-state index is -4.52. The van der Waals surface area contributed by atoms with Crippen molar-refractivity contribution < 1.29 is 18.3 Å². The van der Waals surface area contributed by atoms with E-state index in [2.05, 4.69) is 25.2 Å². The normalized spacial score (nSPS) is 19.4. The maximum absolute atomic E-state index is 13.4.